The summed E-state index contributed by atoms with van der Waals surface area (Å²) in [4.78, 5) is 14.8. The van der Waals surface area contributed by atoms with Crippen LogP contribution in [-0.2, 0) is 4.74 Å². The molecular weight excluding hydrogens is 399 g/mol. The minimum absolute atomic E-state index is 0.224. The van der Waals surface area contributed by atoms with E-state index >= 15 is 0 Å². The van der Waals surface area contributed by atoms with E-state index in [4.69, 9.17) is 9.47 Å². The summed E-state index contributed by atoms with van der Waals surface area (Å²) in [6.45, 7) is 4.36. The van der Waals surface area contributed by atoms with E-state index in [0.29, 0.717) is 23.6 Å². The van der Waals surface area contributed by atoms with Crippen molar-refractivity contribution in [1.82, 2.24) is 20.4 Å². The van der Waals surface area contributed by atoms with Crippen LogP contribution in [-0.4, -0.2) is 67.5 Å². The van der Waals surface area contributed by atoms with E-state index in [9.17, 15) is 9.18 Å². The smallest absolute Gasteiger partial charge is 0.254 e. The Morgan fingerprint density at radius 2 is 2.00 bits per heavy atom. The zero-order valence-electron chi connectivity index (χ0n) is 17.4. The Bertz CT molecular complexity index is 1070. The summed E-state index contributed by atoms with van der Waals surface area (Å²) in [5.41, 5.74) is 2.71. The lowest BCUT2D eigenvalue weighted by molar-refractivity contribution is 0.0323. The van der Waals surface area contributed by atoms with Gasteiger partial charge < -0.3 is 14.8 Å². The highest BCUT2D eigenvalue weighted by Gasteiger charge is 2.19. The Morgan fingerprint density at radius 3 is 2.74 bits per heavy atom. The second kappa shape index (κ2) is 9.72. The van der Waals surface area contributed by atoms with Gasteiger partial charge in [0.1, 0.15) is 18.2 Å². The van der Waals surface area contributed by atoms with Gasteiger partial charge in [-0.3, -0.25) is 14.8 Å². The summed E-state index contributed by atoms with van der Waals surface area (Å²) in [5, 5.41) is 10.8. The van der Waals surface area contributed by atoms with Crippen molar-refractivity contribution in [2.45, 2.75) is 0 Å². The molecule has 2 heterocycles. The van der Waals surface area contributed by atoms with Crippen LogP contribution in [0.4, 0.5) is 4.39 Å². The molecule has 1 amide bonds. The van der Waals surface area contributed by atoms with Crippen molar-refractivity contribution < 1.29 is 18.7 Å². The number of benzene rings is 2. The number of hydrogen-bond acceptors (Lipinski definition) is 5. The standard InChI is InChI=1S/C23H25FN4O3/c1-25-23(29)18-7-9-20-21(22(18)31-15-12-28-10-13-30-14-11-28)19(26-27-20)8-4-16-2-5-17(24)6-3-16/h2-9H,10-15H2,1H3,(H,25,29)(H,26,27). The number of rotatable bonds is 7. The molecule has 3 aromatic rings. The largest absolute Gasteiger partial charge is 0.491 e. The lowest BCUT2D eigenvalue weighted by Crippen LogP contribution is -2.38. The van der Waals surface area contributed by atoms with Crippen molar-refractivity contribution in [3.8, 4) is 5.75 Å². The Labute approximate surface area is 179 Å². The van der Waals surface area contributed by atoms with Gasteiger partial charge >= 0.3 is 0 Å². The van der Waals surface area contributed by atoms with Crippen LogP contribution in [0.3, 0.4) is 0 Å². The molecular formula is C23H25FN4O3. The first-order chi connectivity index (χ1) is 15.2. The third kappa shape index (κ3) is 4.92. The van der Waals surface area contributed by atoms with Crippen LogP contribution in [0.5, 0.6) is 5.75 Å². The van der Waals surface area contributed by atoms with Gasteiger partial charge in [-0.2, -0.15) is 5.10 Å². The van der Waals surface area contributed by atoms with Crippen molar-refractivity contribution in [3.05, 3.63) is 59.0 Å². The van der Waals surface area contributed by atoms with E-state index in [1.165, 1.54) is 12.1 Å². The molecule has 1 saturated heterocycles. The number of aromatic nitrogens is 2. The molecule has 162 valence electrons. The molecule has 0 spiro atoms. The van der Waals surface area contributed by atoms with E-state index in [1.54, 1.807) is 25.2 Å². The summed E-state index contributed by atoms with van der Waals surface area (Å²) in [6.07, 6.45) is 3.67. The number of nitrogens with one attached hydrogen (secondary N) is 2. The van der Waals surface area contributed by atoms with Gasteiger partial charge in [0.25, 0.3) is 5.91 Å². The lowest BCUT2D eigenvalue weighted by atomic mass is 10.1. The zero-order valence-corrected chi connectivity index (χ0v) is 17.4. The minimum Gasteiger partial charge on any atom is -0.491 e. The normalized spacial score (nSPS) is 14.9. The maximum absolute atomic E-state index is 13.2. The minimum atomic E-state index is -0.284. The molecule has 4 rings (SSSR count). The number of amides is 1. The molecule has 0 radical (unpaired) electrons. The third-order valence-corrected chi connectivity index (χ3v) is 5.24. The maximum Gasteiger partial charge on any atom is 0.254 e. The fourth-order valence-corrected chi connectivity index (χ4v) is 3.54. The van der Waals surface area contributed by atoms with E-state index in [-0.39, 0.29) is 11.7 Å². The first-order valence-corrected chi connectivity index (χ1v) is 10.3. The van der Waals surface area contributed by atoms with Crippen molar-refractivity contribution in [1.29, 1.82) is 0 Å². The SMILES string of the molecule is CNC(=O)c1ccc2[nH]nc(C=Cc3ccc(F)cc3)c2c1OCCN1CCOCC1. The first kappa shape index (κ1) is 21.0. The van der Waals surface area contributed by atoms with Crippen LogP contribution >= 0.6 is 0 Å². The molecule has 8 heteroatoms. The number of aromatic amines is 1. The number of hydrogen-bond donors (Lipinski definition) is 2. The highest BCUT2D eigenvalue weighted by atomic mass is 19.1. The summed E-state index contributed by atoms with van der Waals surface area (Å²) in [5.74, 6) is -0.0101. The monoisotopic (exact) mass is 424 g/mol. The van der Waals surface area contributed by atoms with Crippen LogP contribution in [0, 0.1) is 5.82 Å². The van der Waals surface area contributed by atoms with Gasteiger partial charge in [0.05, 0.1) is 35.4 Å². The van der Waals surface area contributed by atoms with Crippen LogP contribution in [0.1, 0.15) is 21.6 Å². The van der Waals surface area contributed by atoms with Crippen molar-refractivity contribution >= 4 is 29.0 Å². The predicted octanol–water partition coefficient (Wildman–Crippen LogP) is 2.94. The molecule has 1 aliphatic heterocycles. The first-order valence-electron chi connectivity index (χ1n) is 10.3. The molecule has 0 atom stereocenters. The quantitative estimate of drug-likeness (QED) is 0.610. The topological polar surface area (TPSA) is 79.5 Å². The Hall–Kier alpha value is -3.23. The fraction of sp³-hybridized carbons (Fsp3) is 0.304. The summed E-state index contributed by atoms with van der Waals surface area (Å²) in [7, 11) is 1.59. The number of nitrogens with zero attached hydrogens (tertiary/aromatic N) is 2. The lowest BCUT2D eigenvalue weighted by Gasteiger charge is -2.26. The van der Waals surface area contributed by atoms with Crippen LogP contribution in [0.2, 0.25) is 0 Å². The molecule has 1 aromatic heterocycles. The van der Waals surface area contributed by atoms with Gasteiger partial charge in [0, 0.05) is 26.7 Å². The van der Waals surface area contributed by atoms with Gasteiger partial charge in [-0.25, -0.2) is 4.39 Å². The number of carbonyl (C=O) groups is 1. The number of halogens is 1. The van der Waals surface area contributed by atoms with E-state index in [1.807, 2.05) is 18.2 Å². The van der Waals surface area contributed by atoms with Crippen LogP contribution in [0.15, 0.2) is 36.4 Å². The van der Waals surface area contributed by atoms with E-state index < -0.39 is 0 Å². The number of fused-ring (bicyclic) bond motifs is 1. The Balaban J connectivity index is 1.64. The van der Waals surface area contributed by atoms with Gasteiger partial charge in [-0.05, 0) is 35.9 Å². The molecule has 7 nitrogen and oxygen atoms in total. The van der Waals surface area contributed by atoms with E-state index in [2.05, 4.69) is 20.4 Å². The molecule has 0 aliphatic carbocycles. The second-order valence-corrected chi connectivity index (χ2v) is 7.24. The second-order valence-electron chi connectivity index (χ2n) is 7.24. The van der Waals surface area contributed by atoms with Crippen molar-refractivity contribution in [3.63, 3.8) is 0 Å². The Morgan fingerprint density at radius 1 is 1.23 bits per heavy atom. The molecule has 0 unspecified atom stereocenters. The number of H-pyrrole nitrogens is 1. The third-order valence-electron chi connectivity index (χ3n) is 5.24. The molecule has 0 bridgehead atoms. The highest BCUT2D eigenvalue weighted by molar-refractivity contribution is 6.05. The Kier molecular flexibility index (Phi) is 6.59. The maximum atomic E-state index is 13.2. The molecule has 2 aromatic carbocycles. The zero-order chi connectivity index (χ0) is 21.6. The van der Waals surface area contributed by atoms with Gasteiger partial charge in [-0.15, -0.1) is 0 Å². The van der Waals surface area contributed by atoms with Crippen molar-refractivity contribution in [2.24, 2.45) is 0 Å². The summed E-state index contributed by atoms with van der Waals surface area (Å²) < 4.78 is 24.7. The summed E-state index contributed by atoms with van der Waals surface area (Å²) in [6, 6.07) is 9.75. The molecule has 0 saturated carbocycles. The van der Waals surface area contributed by atoms with Crippen molar-refractivity contribution in [2.75, 3.05) is 46.5 Å². The molecule has 31 heavy (non-hydrogen) atoms. The van der Waals surface area contributed by atoms with Crippen LogP contribution < -0.4 is 10.1 Å². The molecule has 1 aliphatic rings. The van der Waals surface area contributed by atoms with E-state index in [0.717, 1.165) is 49.3 Å². The average molecular weight is 424 g/mol. The number of morpholine rings is 1. The number of carbonyl (C=O) groups excluding carboxylic acids is 1. The highest BCUT2D eigenvalue weighted by Crippen LogP contribution is 2.32. The molecule has 2 N–H and O–H groups in total. The van der Waals surface area contributed by atoms with Gasteiger partial charge in [-0.1, -0.05) is 18.2 Å². The predicted molar refractivity (Wildman–Crippen MR) is 118 cm³/mol. The average Bonchev–Trinajstić information content (AvgIpc) is 3.22. The van der Waals surface area contributed by atoms with Gasteiger partial charge in [0.15, 0.2) is 0 Å². The number of ether oxygens (including phenoxy) is 2. The van der Waals surface area contributed by atoms with Gasteiger partial charge in [0.2, 0.25) is 0 Å². The molecule has 1 fully saturated rings. The van der Waals surface area contributed by atoms with Crippen LogP contribution in [0.25, 0.3) is 23.1 Å². The fourth-order valence-electron chi connectivity index (χ4n) is 3.54. The summed E-state index contributed by atoms with van der Waals surface area (Å²) >= 11 is 0.